The van der Waals surface area contributed by atoms with Crippen molar-refractivity contribution in [2.45, 2.75) is 25.8 Å². The highest BCUT2D eigenvalue weighted by Crippen LogP contribution is 2.35. The lowest BCUT2D eigenvalue weighted by Gasteiger charge is -2.26. The summed E-state index contributed by atoms with van der Waals surface area (Å²) in [5.41, 5.74) is 2.12. The Kier molecular flexibility index (Phi) is 4.02. The first-order valence-corrected chi connectivity index (χ1v) is 8.67. The van der Waals surface area contributed by atoms with Gasteiger partial charge in [-0.25, -0.2) is 19.5 Å². The van der Waals surface area contributed by atoms with Crippen molar-refractivity contribution in [3.63, 3.8) is 0 Å². The van der Waals surface area contributed by atoms with Gasteiger partial charge in [-0.15, -0.1) is 0 Å². The molecule has 1 aliphatic heterocycles. The van der Waals surface area contributed by atoms with E-state index in [-0.39, 0.29) is 11.9 Å². The van der Waals surface area contributed by atoms with Crippen LogP contribution in [0.2, 0.25) is 0 Å². The maximum atomic E-state index is 12.4. The number of aromatic nitrogens is 5. The Morgan fingerprint density at radius 2 is 2.04 bits per heavy atom. The number of fused-ring (bicyclic) bond motifs is 1. The molecule has 0 aromatic carbocycles. The van der Waals surface area contributed by atoms with Gasteiger partial charge in [0.1, 0.15) is 17.2 Å². The zero-order valence-corrected chi connectivity index (χ0v) is 15.1. The second kappa shape index (κ2) is 6.36. The SMILES string of the molecule is Cc1nccc(N2CCC[C@@H]2c2ccnc3c(C(=O)N(C)C)cnn23)n1. The molecule has 4 heterocycles. The Hall–Kier alpha value is -3.03. The van der Waals surface area contributed by atoms with E-state index in [9.17, 15) is 4.79 Å². The first-order chi connectivity index (χ1) is 12.6. The molecule has 1 amide bonds. The van der Waals surface area contributed by atoms with Gasteiger partial charge in [-0.2, -0.15) is 5.10 Å². The lowest BCUT2D eigenvalue weighted by Crippen LogP contribution is -2.26. The predicted octanol–water partition coefficient (Wildman–Crippen LogP) is 1.87. The van der Waals surface area contributed by atoms with Gasteiger partial charge in [-0.1, -0.05) is 0 Å². The highest BCUT2D eigenvalue weighted by atomic mass is 16.2. The number of nitrogens with zero attached hydrogens (tertiary/aromatic N) is 7. The van der Waals surface area contributed by atoms with E-state index in [1.807, 2.05) is 19.1 Å². The monoisotopic (exact) mass is 351 g/mol. The van der Waals surface area contributed by atoms with Gasteiger partial charge in [0.25, 0.3) is 5.91 Å². The van der Waals surface area contributed by atoms with Crippen LogP contribution < -0.4 is 4.90 Å². The smallest absolute Gasteiger partial charge is 0.258 e. The van der Waals surface area contributed by atoms with Crippen molar-refractivity contribution < 1.29 is 4.79 Å². The Bertz CT molecular complexity index is 965. The van der Waals surface area contributed by atoms with E-state index >= 15 is 0 Å². The average molecular weight is 351 g/mol. The summed E-state index contributed by atoms with van der Waals surface area (Å²) < 4.78 is 1.79. The highest BCUT2D eigenvalue weighted by Gasteiger charge is 2.30. The van der Waals surface area contributed by atoms with Crippen molar-refractivity contribution in [2.24, 2.45) is 0 Å². The van der Waals surface area contributed by atoms with Gasteiger partial charge in [0, 0.05) is 33.0 Å². The van der Waals surface area contributed by atoms with Crippen molar-refractivity contribution >= 4 is 17.4 Å². The molecule has 26 heavy (non-hydrogen) atoms. The summed E-state index contributed by atoms with van der Waals surface area (Å²) in [6, 6.07) is 4.05. The van der Waals surface area contributed by atoms with Gasteiger partial charge in [-0.3, -0.25) is 4.79 Å². The minimum atomic E-state index is -0.0978. The van der Waals surface area contributed by atoms with E-state index in [1.165, 1.54) is 4.90 Å². The van der Waals surface area contributed by atoms with Crippen LogP contribution in [0.4, 0.5) is 5.82 Å². The summed E-state index contributed by atoms with van der Waals surface area (Å²) in [6.07, 6.45) is 7.21. The molecule has 134 valence electrons. The van der Waals surface area contributed by atoms with Crippen LogP contribution in [0.5, 0.6) is 0 Å². The Labute approximate surface area is 151 Å². The molecule has 0 N–H and O–H groups in total. The fourth-order valence-corrected chi connectivity index (χ4v) is 3.51. The van der Waals surface area contributed by atoms with Crippen LogP contribution >= 0.6 is 0 Å². The summed E-state index contributed by atoms with van der Waals surface area (Å²) in [4.78, 5) is 29.4. The standard InChI is InChI=1S/C18H21N7O/c1-12-19-9-7-16(22-12)24-10-4-5-14(24)15-6-8-20-17-13(11-21-25(15)17)18(26)23(2)3/h6-9,11,14H,4-5,10H2,1-3H3/t14-/m1/s1. The third kappa shape index (κ3) is 2.67. The molecule has 0 saturated carbocycles. The van der Waals surface area contributed by atoms with Crippen LogP contribution in [-0.4, -0.2) is 56.0 Å². The predicted molar refractivity (Wildman–Crippen MR) is 97.1 cm³/mol. The van der Waals surface area contributed by atoms with Crippen LogP contribution in [0.1, 0.15) is 40.8 Å². The lowest BCUT2D eigenvalue weighted by atomic mass is 10.1. The molecule has 0 bridgehead atoms. The average Bonchev–Trinajstić information content (AvgIpc) is 3.28. The number of carbonyl (C=O) groups excluding carboxylic acids is 1. The van der Waals surface area contributed by atoms with E-state index < -0.39 is 0 Å². The summed E-state index contributed by atoms with van der Waals surface area (Å²) in [5.74, 6) is 1.58. The maximum Gasteiger partial charge on any atom is 0.258 e. The third-order valence-corrected chi connectivity index (χ3v) is 4.72. The van der Waals surface area contributed by atoms with Crippen molar-refractivity contribution in [3.8, 4) is 0 Å². The quantitative estimate of drug-likeness (QED) is 0.717. The number of anilines is 1. The van der Waals surface area contributed by atoms with E-state index in [1.54, 1.807) is 37.2 Å². The molecule has 0 unspecified atom stereocenters. The van der Waals surface area contributed by atoms with E-state index in [0.717, 1.165) is 36.7 Å². The summed E-state index contributed by atoms with van der Waals surface area (Å²) in [6.45, 7) is 2.82. The maximum absolute atomic E-state index is 12.4. The van der Waals surface area contributed by atoms with E-state index in [4.69, 9.17) is 0 Å². The molecule has 1 aliphatic rings. The van der Waals surface area contributed by atoms with Crippen LogP contribution in [-0.2, 0) is 0 Å². The summed E-state index contributed by atoms with van der Waals surface area (Å²) in [7, 11) is 3.46. The summed E-state index contributed by atoms with van der Waals surface area (Å²) in [5, 5.41) is 4.46. The molecule has 0 spiro atoms. The summed E-state index contributed by atoms with van der Waals surface area (Å²) >= 11 is 0. The number of hydrogen-bond donors (Lipinski definition) is 0. The fraction of sp³-hybridized carbons (Fsp3) is 0.389. The minimum absolute atomic E-state index is 0.0978. The number of carbonyl (C=O) groups is 1. The highest BCUT2D eigenvalue weighted by molar-refractivity contribution is 5.99. The molecule has 8 heteroatoms. The topological polar surface area (TPSA) is 79.5 Å². The first kappa shape index (κ1) is 16.4. The number of amides is 1. The van der Waals surface area contributed by atoms with Crippen molar-refractivity contribution in [1.29, 1.82) is 0 Å². The molecule has 1 saturated heterocycles. The second-order valence-corrected chi connectivity index (χ2v) is 6.68. The first-order valence-electron chi connectivity index (χ1n) is 8.67. The van der Waals surface area contributed by atoms with Crippen LogP contribution in [0.25, 0.3) is 5.65 Å². The molecule has 4 rings (SSSR count). The largest absolute Gasteiger partial charge is 0.348 e. The molecular weight excluding hydrogens is 330 g/mol. The molecule has 0 aliphatic carbocycles. The van der Waals surface area contributed by atoms with Crippen LogP contribution in [0.3, 0.4) is 0 Å². The van der Waals surface area contributed by atoms with Crippen molar-refractivity contribution in [3.05, 3.63) is 47.8 Å². The van der Waals surface area contributed by atoms with Crippen molar-refractivity contribution in [1.82, 2.24) is 29.5 Å². The van der Waals surface area contributed by atoms with Gasteiger partial charge in [-0.05, 0) is 31.9 Å². The van der Waals surface area contributed by atoms with Gasteiger partial charge in [0.2, 0.25) is 0 Å². The molecule has 0 radical (unpaired) electrons. The molecule has 3 aromatic heterocycles. The molecular formula is C18H21N7O. The minimum Gasteiger partial charge on any atom is -0.348 e. The fourth-order valence-electron chi connectivity index (χ4n) is 3.51. The normalized spacial score (nSPS) is 17.0. The Balaban J connectivity index is 1.78. The van der Waals surface area contributed by atoms with E-state index in [0.29, 0.717) is 11.2 Å². The Morgan fingerprint density at radius 1 is 1.23 bits per heavy atom. The van der Waals surface area contributed by atoms with E-state index in [2.05, 4.69) is 25.0 Å². The molecule has 3 aromatic rings. The number of aryl methyl sites for hydroxylation is 1. The van der Waals surface area contributed by atoms with Crippen LogP contribution in [0, 0.1) is 6.92 Å². The third-order valence-electron chi connectivity index (χ3n) is 4.72. The number of hydrogen-bond acceptors (Lipinski definition) is 6. The van der Waals surface area contributed by atoms with Gasteiger partial charge in [0.05, 0.1) is 17.9 Å². The van der Waals surface area contributed by atoms with Gasteiger partial charge < -0.3 is 9.80 Å². The van der Waals surface area contributed by atoms with Gasteiger partial charge in [0.15, 0.2) is 5.65 Å². The lowest BCUT2D eigenvalue weighted by molar-refractivity contribution is 0.0829. The van der Waals surface area contributed by atoms with Crippen LogP contribution in [0.15, 0.2) is 30.7 Å². The Morgan fingerprint density at radius 3 is 2.81 bits per heavy atom. The zero-order valence-electron chi connectivity index (χ0n) is 15.1. The molecule has 1 fully saturated rings. The zero-order chi connectivity index (χ0) is 18.3. The number of rotatable bonds is 3. The second-order valence-electron chi connectivity index (χ2n) is 6.68. The van der Waals surface area contributed by atoms with Crippen molar-refractivity contribution in [2.75, 3.05) is 25.5 Å². The molecule has 1 atom stereocenters. The molecule has 8 nitrogen and oxygen atoms in total. The van der Waals surface area contributed by atoms with Gasteiger partial charge >= 0.3 is 0 Å².